The van der Waals surface area contributed by atoms with Crippen LogP contribution in [0.4, 0.5) is 0 Å². The molecule has 1 saturated heterocycles. The number of aromatic nitrogens is 5. The van der Waals surface area contributed by atoms with Crippen molar-refractivity contribution in [3.8, 4) is 11.3 Å². The summed E-state index contributed by atoms with van der Waals surface area (Å²) >= 11 is 0. The van der Waals surface area contributed by atoms with Gasteiger partial charge in [-0.1, -0.05) is 0 Å². The molecule has 5 heterocycles. The average Bonchev–Trinajstić information content (AvgIpc) is 3.36. The number of nitrogens with zero attached hydrogens (tertiary/aromatic N) is 6. The molecule has 0 spiro atoms. The lowest BCUT2D eigenvalue weighted by Crippen LogP contribution is -2.36. The van der Waals surface area contributed by atoms with Crippen LogP contribution in [0.2, 0.25) is 0 Å². The highest BCUT2D eigenvalue weighted by molar-refractivity contribution is 5.56. The third kappa shape index (κ3) is 3.86. The highest BCUT2D eigenvalue weighted by Gasteiger charge is 2.27. The standard InChI is InChI=1S/C21H24N6O2/c28-21-6-5-19(16-3-1-7-22-11-16)24-27(21)14-18-4-2-8-25(18)12-17-13-26-9-10-29-15-20(26)23-17/h1,3,5-7,11,13,18H,2,4,8-10,12,14-15H2. The van der Waals surface area contributed by atoms with Gasteiger partial charge in [-0.15, -0.1) is 0 Å². The largest absolute Gasteiger partial charge is 0.372 e. The second-order valence-electron chi connectivity index (χ2n) is 7.64. The third-order valence-corrected chi connectivity index (χ3v) is 5.69. The van der Waals surface area contributed by atoms with Crippen LogP contribution in [0, 0.1) is 0 Å². The van der Waals surface area contributed by atoms with Gasteiger partial charge in [0, 0.05) is 49.4 Å². The van der Waals surface area contributed by atoms with Crippen LogP contribution in [-0.2, 0) is 31.0 Å². The van der Waals surface area contributed by atoms with Crippen molar-refractivity contribution in [3.63, 3.8) is 0 Å². The molecule has 0 amide bonds. The summed E-state index contributed by atoms with van der Waals surface area (Å²) in [6.45, 7) is 4.60. The average molecular weight is 392 g/mol. The number of hydrogen-bond acceptors (Lipinski definition) is 6. The summed E-state index contributed by atoms with van der Waals surface area (Å²) in [6, 6.07) is 7.47. The summed E-state index contributed by atoms with van der Waals surface area (Å²) in [4.78, 5) is 23.7. The number of ether oxygens (including phenoxy) is 1. The second-order valence-corrected chi connectivity index (χ2v) is 7.64. The fraction of sp³-hybridized carbons (Fsp3) is 0.429. The van der Waals surface area contributed by atoms with Crippen LogP contribution < -0.4 is 5.56 Å². The zero-order chi connectivity index (χ0) is 19.6. The Balaban J connectivity index is 1.33. The molecule has 2 aliphatic rings. The minimum absolute atomic E-state index is 0.0703. The Morgan fingerprint density at radius 1 is 1.21 bits per heavy atom. The van der Waals surface area contributed by atoms with E-state index in [1.807, 2.05) is 12.1 Å². The molecule has 1 atom stereocenters. The minimum Gasteiger partial charge on any atom is -0.372 e. The van der Waals surface area contributed by atoms with Crippen LogP contribution >= 0.6 is 0 Å². The molecule has 0 bridgehead atoms. The molecule has 8 nitrogen and oxygen atoms in total. The van der Waals surface area contributed by atoms with Gasteiger partial charge in [0.1, 0.15) is 12.4 Å². The minimum atomic E-state index is -0.0703. The van der Waals surface area contributed by atoms with Gasteiger partial charge in [0.2, 0.25) is 0 Å². The maximum Gasteiger partial charge on any atom is 0.266 e. The van der Waals surface area contributed by atoms with Crippen LogP contribution in [0.15, 0.2) is 47.7 Å². The Bertz CT molecular complexity index is 1020. The van der Waals surface area contributed by atoms with Crippen molar-refractivity contribution >= 4 is 0 Å². The molecule has 0 N–H and O–H groups in total. The summed E-state index contributed by atoms with van der Waals surface area (Å²) in [7, 11) is 0. The smallest absolute Gasteiger partial charge is 0.266 e. The fourth-order valence-corrected chi connectivity index (χ4v) is 4.19. The Morgan fingerprint density at radius 2 is 2.17 bits per heavy atom. The van der Waals surface area contributed by atoms with Gasteiger partial charge in [0.15, 0.2) is 0 Å². The number of imidazole rings is 1. The lowest BCUT2D eigenvalue weighted by Gasteiger charge is -2.24. The molecule has 2 aliphatic heterocycles. The normalized spacial score (nSPS) is 19.4. The van der Waals surface area contributed by atoms with Crippen molar-refractivity contribution in [2.75, 3.05) is 13.2 Å². The quantitative estimate of drug-likeness (QED) is 0.658. The van der Waals surface area contributed by atoms with Crippen molar-refractivity contribution in [2.24, 2.45) is 0 Å². The van der Waals surface area contributed by atoms with E-state index >= 15 is 0 Å². The first-order chi connectivity index (χ1) is 14.3. The lowest BCUT2D eigenvalue weighted by atomic mass is 10.2. The van der Waals surface area contributed by atoms with E-state index in [0.717, 1.165) is 61.9 Å². The van der Waals surface area contributed by atoms with Gasteiger partial charge in [0.25, 0.3) is 5.56 Å². The van der Waals surface area contributed by atoms with E-state index in [1.54, 1.807) is 29.2 Å². The molecule has 0 radical (unpaired) electrons. The summed E-state index contributed by atoms with van der Waals surface area (Å²) in [5.41, 5.74) is 2.68. The molecule has 0 saturated carbocycles. The number of hydrogen-bond donors (Lipinski definition) is 0. The number of rotatable bonds is 5. The molecule has 3 aromatic heterocycles. The molecule has 5 rings (SSSR count). The first kappa shape index (κ1) is 18.2. The topological polar surface area (TPSA) is 78.1 Å². The highest BCUT2D eigenvalue weighted by atomic mass is 16.5. The molecule has 0 aliphatic carbocycles. The predicted octanol–water partition coefficient (Wildman–Crippen LogP) is 1.70. The van der Waals surface area contributed by atoms with Gasteiger partial charge in [-0.3, -0.25) is 14.7 Å². The van der Waals surface area contributed by atoms with Crippen molar-refractivity contribution in [1.82, 2.24) is 29.2 Å². The zero-order valence-corrected chi connectivity index (χ0v) is 16.3. The van der Waals surface area contributed by atoms with Gasteiger partial charge in [-0.2, -0.15) is 5.10 Å². The predicted molar refractivity (Wildman–Crippen MR) is 107 cm³/mol. The van der Waals surface area contributed by atoms with Gasteiger partial charge in [0.05, 0.1) is 24.5 Å². The van der Waals surface area contributed by atoms with Gasteiger partial charge >= 0.3 is 0 Å². The van der Waals surface area contributed by atoms with Crippen molar-refractivity contribution < 1.29 is 4.74 Å². The number of likely N-dealkylation sites (tertiary alicyclic amines) is 1. The van der Waals surface area contributed by atoms with Crippen molar-refractivity contribution in [1.29, 1.82) is 0 Å². The number of fused-ring (bicyclic) bond motifs is 1. The fourth-order valence-electron chi connectivity index (χ4n) is 4.19. The molecule has 8 heteroatoms. The molecule has 0 aromatic carbocycles. The van der Waals surface area contributed by atoms with Gasteiger partial charge in [-0.25, -0.2) is 9.67 Å². The van der Waals surface area contributed by atoms with E-state index in [2.05, 4.69) is 25.7 Å². The molecule has 29 heavy (non-hydrogen) atoms. The highest BCUT2D eigenvalue weighted by Crippen LogP contribution is 2.22. The van der Waals surface area contributed by atoms with Gasteiger partial charge < -0.3 is 9.30 Å². The molecular weight excluding hydrogens is 368 g/mol. The van der Waals surface area contributed by atoms with Crippen LogP contribution in [0.3, 0.4) is 0 Å². The SMILES string of the molecule is O=c1ccc(-c2cccnc2)nn1CC1CCCN1Cc1cn2c(n1)COCC2. The van der Waals surface area contributed by atoms with E-state index < -0.39 is 0 Å². The van der Waals surface area contributed by atoms with Crippen LogP contribution in [0.5, 0.6) is 0 Å². The monoisotopic (exact) mass is 392 g/mol. The zero-order valence-electron chi connectivity index (χ0n) is 16.3. The van der Waals surface area contributed by atoms with Crippen molar-refractivity contribution in [2.45, 2.75) is 45.1 Å². The molecule has 3 aromatic rings. The van der Waals surface area contributed by atoms with Gasteiger partial charge in [-0.05, 0) is 37.6 Å². The molecule has 150 valence electrons. The second kappa shape index (κ2) is 7.88. The van der Waals surface area contributed by atoms with Crippen LogP contribution in [0.25, 0.3) is 11.3 Å². The van der Waals surface area contributed by atoms with E-state index in [4.69, 9.17) is 9.72 Å². The molecule has 1 unspecified atom stereocenters. The Hall–Kier alpha value is -2.84. The van der Waals surface area contributed by atoms with E-state index in [9.17, 15) is 4.79 Å². The van der Waals surface area contributed by atoms with E-state index in [-0.39, 0.29) is 11.6 Å². The van der Waals surface area contributed by atoms with Crippen LogP contribution in [-0.4, -0.2) is 48.4 Å². The maximum absolute atomic E-state index is 12.4. The molecular formula is C21H24N6O2. The summed E-state index contributed by atoms with van der Waals surface area (Å²) in [6.07, 6.45) is 7.82. The third-order valence-electron chi connectivity index (χ3n) is 5.69. The van der Waals surface area contributed by atoms with Crippen LogP contribution in [0.1, 0.15) is 24.4 Å². The lowest BCUT2D eigenvalue weighted by molar-refractivity contribution is 0.0816. The van der Waals surface area contributed by atoms with E-state index in [1.165, 1.54) is 0 Å². The van der Waals surface area contributed by atoms with E-state index in [0.29, 0.717) is 13.2 Å². The maximum atomic E-state index is 12.4. The summed E-state index contributed by atoms with van der Waals surface area (Å²) < 4.78 is 9.27. The first-order valence-corrected chi connectivity index (χ1v) is 10.1. The Morgan fingerprint density at radius 3 is 3.03 bits per heavy atom. The number of pyridine rings is 1. The summed E-state index contributed by atoms with van der Waals surface area (Å²) in [5.74, 6) is 1.00. The Kier molecular flexibility index (Phi) is 4.95. The summed E-state index contributed by atoms with van der Waals surface area (Å²) in [5, 5.41) is 4.60. The molecule has 1 fully saturated rings. The van der Waals surface area contributed by atoms with Crippen molar-refractivity contribution in [3.05, 3.63) is 64.7 Å². The Labute approximate surface area is 168 Å². The first-order valence-electron chi connectivity index (χ1n) is 10.1.